The zero-order chi connectivity index (χ0) is 18.7. The lowest BCUT2D eigenvalue weighted by atomic mass is 10.0. The summed E-state index contributed by atoms with van der Waals surface area (Å²) < 4.78 is 1.43. The van der Waals surface area contributed by atoms with Gasteiger partial charge < -0.3 is 5.11 Å². The fraction of sp³-hybridized carbons (Fsp3) is 0.316. The van der Waals surface area contributed by atoms with Gasteiger partial charge in [-0.1, -0.05) is 37.3 Å². The second-order valence-corrected chi connectivity index (χ2v) is 6.18. The second-order valence-electron chi connectivity index (χ2n) is 6.18. The van der Waals surface area contributed by atoms with Crippen LogP contribution in [0.1, 0.15) is 60.2 Å². The van der Waals surface area contributed by atoms with Crippen molar-refractivity contribution in [3.05, 3.63) is 63.3 Å². The summed E-state index contributed by atoms with van der Waals surface area (Å²) in [4.78, 5) is 28.7. The number of aromatic carboxylic acids is 1. The molecule has 1 aliphatic rings. The highest BCUT2D eigenvalue weighted by atomic mass is 16.4. The first-order valence-corrected chi connectivity index (χ1v) is 8.57. The Morgan fingerprint density at radius 1 is 1.38 bits per heavy atom. The fourth-order valence-corrected chi connectivity index (χ4v) is 3.05. The van der Waals surface area contributed by atoms with E-state index in [4.69, 9.17) is 0 Å². The third-order valence-corrected chi connectivity index (χ3v) is 4.42. The zero-order valence-corrected chi connectivity index (χ0v) is 14.7. The van der Waals surface area contributed by atoms with Gasteiger partial charge in [0.05, 0.1) is 11.9 Å². The molecule has 0 bridgehead atoms. The lowest BCUT2D eigenvalue weighted by Gasteiger charge is -2.25. The van der Waals surface area contributed by atoms with Crippen LogP contribution in [0, 0.1) is 0 Å². The summed E-state index contributed by atoms with van der Waals surface area (Å²) in [6.07, 6.45) is 3.31. The highest BCUT2D eigenvalue weighted by Crippen LogP contribution is 2.23. The average molecular weight is 352 g/mol. The maximum absolute atomic E-state index is 12.7. The minimum Gasteiger partial charge on any atom is -0.477 e. The summed E-state index contributed by atoms with van der Waals surface area (Å²) in [6, 6.07) is 9.44. The van der Waals surface area contributed by atoms with Gasteiger partial charge in [-0.05, 0) is 31.7 Å². The van der Waals surface area contributed by atoms with Crippen LogP contribution in [0.15, 0.2) is 45.3 Å². The van der Waals surface area contributed by atoms with Crippen LogP contribution in [-0.4, -0.2) is 32.6 Å². The largest absolute Gasteiger partial charge is 0.477 e. The number of carbonyl (C=O) groups is 1. The van der Waals surface area contributed by atoms with Crippen LogP contribution in [0.5, 0.6) is 0 Å². The van der Waals surface area contributed by atoms with Gasteiger partial charge in [0.2, 0.25) is 0 Å². The monoisotopic (exact) mass is 352 g/mol. The lowest BCUT2D eigenvalue weighted by molar-refractivity contribution is 0.0692. The van der Waals surface area contributed by atoms with Crippen LogP contribution in [0.3, 0.4) is 0 Å². The minimum atomic E-state index is -1.24. The highest BCUT2D eigenvalue weighted by molar-refractivity contribution is 5.99. The Bertz CT molecular complexity index is 945. The molecule has 0 aliphatic carbocycles. The summed E-state index contributed by atoms with van der Waals surface area (Å²) in [5.74, 6) is -0.825. The van der Waals surface area contributed by atoms with E-state index in [-0.39, 0.29) is 17.3 Å². The van der Waals surface area contributed by atoms with Gasteiger partial charge in [0.1, 0.15) is 11.3 Å². The van der Waals surface area contributed by atoms with Crippen molar-refractivity contribution in [3.63, 3.8) is 0 Å². The summed E-state index contributed by atoms with van der Waals surface area (Å²) in [7, 11) is 0. The molecule has 0 spiro atoms. The SMILES string of the molecule is CCc1nc2n(c(=O)c1C(=O)O)C(C)CCC2=NN=Cc1ccccc1. The molecule has 1 N–H and O–H groups in total. The van der Waals surface area contributed by atoms with Crippen molar-refractivity contribution < 1.29 is 9.90 Å². The number of hydrogen-bond donors (Lipinski definition) is 1. The van der Waals surface area contributed by atoms with E-state index in [0.717, 1.165) is 5.56 Å². The molecule has 0 saturated heterocycles. The van der Waals surface area contributed by atoms with Crippen molar-refractivity contribution in [2.24, 2.45) is 10.2 Å². The van der Waals surface area contributed by atoms with Crippen LogP contribution < -0.4 is 5.56 Å². The lowest BCUT2D eigenvalue weighted by Crippen LogP contribution is -2.38. The van der Waals surface area contributed by atoms with Crippen LogP contribution >= 0.6 is 0 Å². The van der Waals surface area contributed by atoms with Crippen molar-refractivity contribution in [1.29, 1.82) is 0 Å². The Morgan fingerprint density at radius 2 is 2.12 bits per heavy atom. The molecule has 0 amide bonds. The van der Waals surface area contributed by atoms with Gasteiger partial charge in [-0.3, -0.25) is 9.36 Å². The molecule has 1 aliphatic heterocycles. The third kappa shape index (κ3) is 3.33. The van der Waals surface area contributed by atoms with Gasteiger partial charge in [0.25, 0.3) is 5.56 Å². The number of rotatable bonds is 4. The third-order valence-electron chi connectivity index (χ3n) is 4.42. The molecular weight excluding hydrogens is 332 g/mol. The molecule has 3 rings (SSSR count). The molecule has 0 fully saturated rings. The van der Waals surface area contributed by atoms with E-state index in [1.54, 1.807) is 13.1 Å². The summed E-state index contributed by atoms with van der Waals surface area (Å²) in [6.45, 7) is 3.66. The number of carboxylic acid groups (broad SMARTS) is 1. The Hall–Kier alpha value is -3.09. The summed E-state index contributed by atoms with van der Waals surface area (Å²) in [5, 5.41) is 17.8. The van der Waals surface area contributed by atoms with Crippen LogP contribution in [0.25, 0.3) is 0 Å². The van der Waals surface area contributed by atoms with E-state index in [9.17, 15) is 14.7 Å². The molecule has 1 atom stereocenters. The first-order valence-electron chi connectivity index (χ1n) is 8.57. The van der Waals surface area contributed by atoms with E-state index in [0.29, 0.717) is 30.8 Å². The van der Waals surface area contributed by atoms with E-state index in [1.807, 2.05) is 37.3 Å². The molecule has 134 valence electrons. The topological polar surface area (TPSA) is 96.9 Å². The molecular formula is C19H20N4O3. The average Bonchev–Trinajstić information content (AvgIpc) is 2.63. The first-order chi connectivity index (χ1) is 12.5. The molecule has 1 aromatic carbocycles. The minimum absolute atomic E-state index is 0.133. The fourth-order valence-electron chi connectivity index (χ4n) is 3.05. The standard InChI is InChI=1S/C19H20N4O3/c1-3-14-16(19(25)26)18(24)23-12(2)9-10-15(17(23)21-14)22-20-11-13-7-5-4-6-8-13/h4-8,11-12H,3,9-10H2,1-2H3,(H,25,26). The van der Waals surface area contributed by atoms with Gasteiger partial charge in [-0.15, -0.1) is 0 Å². The van der Waals surface area contributed by atoms with Crippen molar-refractivity contribution in [2.45, 2.75) is 39.2 Å². The quantitative estimate of drug-likeness (QED) is 0.676. The molecule has 2 aromatic rings. The van der Waals surface area contributed by atoms with Crippen molar-refractivity contribution in [2.75, 3.05) is 0 Å². The zero-order valence-electron chi connectivity index (χ0n) is 14.7. The van der Waals surface area contributed by atoms with Crippen molar-refractivity contribution in [3.8, 4) is 0 Å². The van der Waals surface area contributed by atoms with Crippen molar-refractivity contribution in [1.82, 2.24) is 9.55 Å². The normalized spacial score (nSPS) is 18.2. The summed E-state index contributed by atoms with van der Waals surface area (Å²) in [5.41, 5.74) is 1.02. The van der Waals surface area contributed by atoms with Crippen LogP contribution in [-0.2, 0) is 6.42 Å². The van der Waals surface area contributed by atoms with Gasteiger partial charge in [0, 0.05) is 6.04 Å². The predicted octanol–water partition coefficient (Wildman–Crippen LogP) is 2.68. The number of aryl methyl sites for hydroxylation is 1. The molecule has 2 heterocycles. The smallest absolute Gasteiger partial charge is 0.343 e. The van der Waals surface area contributed by atoms with E-state index < -0.39 is 11.5 Å². The maximum Gasteiger partial charge on any atom is 0.343 e. The number of benzene rings is 1. The second kappa shape index (κ2) is 7.43. The van der Waals surface area contributed by atoms with Gasteiger partial charge in [0.15, 0.2) is 5.82 Å². The Morgan fingerprint density at radius 3 is 2.77 bits per heavy atom. The highest BCUT2D eigenvalue weighted by Gasteiger charge is 2.28. The molecule has 1 aromatic heterocycles. The molecule has 26 heavy (non-hydrogen) atoms. The van der Waals surface area contributed by atoms with Crippen LogP contribution in [0.2, 0.25) is 0 Å². The Labute approximate surface area is 150 Å². The molecule has 0 radical (unpaired) electrons. The van der Waals surface area contributed by atoms with E-state index in [1.165, 1.54) is 4.57 Å². The Kier molecular flexibility index (Phi) is 5.06. The van der Waals surface area contributed by atoms with E-state index in [2.05, 4.69) is 15.2 Å². The van der Waals surface area contributed by atoms with Gasteiger partial charge >= 0.3 is 5.97 Å². The predicted molar refractivity (Wildman–Crippen MR) is 99.4 cm³/mol. The molecule has 0 saturated carbocycles. The number of fused-ring (bicyclic) bond motifs is 1. The van der Waals surface area contributed by atoms with Crippen molar-refractivity contribution >= 4 is 17.9 Å². The van der Waals surface area contributed by atoms with Gasteiger partial charge in [-0.25, -0.2) is 9.78 Å². The molecule has 7 heteroatoms. The van der Waals surface area contributed by atoms with Gasteiger partial charge in [-0.2, -0.15) is 10.2 Å². The number of hydrogen-bond acceptors (Lipinski definition) is 5. The molecule has 1 unspecified atom stereocenters. The first kappa shape index (κ1) is 17.7. The van der Waals surface area contributed by atoms with Crippen LogP contribution in [0.4, 0.5) is 0 Å². The maximum atomic E-state index is 12.7. The number of aromatic nitrogens is 2. The number of carboxylic acids is 1. The Balaban J connectivity index is 2.08. The molecule has 7 nitrogen and oxygen atoms in total. The van der Waals surface area contributed by atoms with E-state index >= 15 is 0 Å². The number of nitrogens with zero attached hydrogens (tertiary/aromatic N) is 4. The summed E-state index contributed by atoms with van der Waals surface area (Å²) >= 11 is 0.